The van der Waals surface area contributed by atoms with Gasteiger partial charge in [-0.15, -0.1) is 5.10 Å². The monoisotopic (exact) mass is 394 g/mol. The Balaban J connectivity index is 1.59. The van der Waals surface area contributed by atoms with Crippen LogP contribution in [0, 0.1) is 18.8 Å². The van der Waals surface area contributed by atoms with Gasteiger partial charge in [-0.05, 0) is 37.3 Å². The minimum absolute atomic E-state index is 0.152. The molecule has 3 aromatic rings. The third-order valence-corrected chi connectivity index (χ3v) is 5.28. The van der Waals surface area contributed by atoms with Crippen molar-refractivity contribution < 1.29 is 4.79 Å². The zero-order valence-electron chi connectivity index (χ0n) is 17.0. The smallest absolute Gasteiger partial charge is 0.350 e. The average Bonchev–Trinajstić information content (AvgIpc) is 2.98. The van der Waals surface area contributed by atoms with Crippen molar-refractivity contribution in [2.24, 2.45) is 11.8 Å². The van der Waals surface area contributed by atoms with E-state index in [1.54, 1.807) is 12.4 Å². The zero-order chi connectivity index (χ0) is 20.5. The maximum Gasteiger partial charge on any atom is 0.350 e. The molecule has 0 aliphatic carbocycles. The van der Waals surface area contributed by atoms with E-state index in [9.17, 15) is 9.59 Å². The number of carbonyl (C=O) groups is 1. The second-order valence-electron chi connectivity index (χ2n) is 8.15. The lowest BCUT2D eigenvalue weighted by Crippen LogP contribution is -2.39. The van der Waals surface area contributed by atoms with Crippen molar-refractivity contribution in [2.45, 2.75) is 33.7 Å². The summed E-state index contributed by atoms with van der Waals surface area (Å²) < 4.78 is 2.66. The van der Waals surface area contributed by atoms with Gasteiger partial charge in [0.05, 0.1) is 0 Å². The molecule has 0 bridgehead atoms. The lowest BCUT2D eigenvalue weighted by Gasteiger charge is -2.35. The largest absolute Gasteiger partial charge is 0.353 e. The number of carbonyl (C=O) groups excluding carboxylic acids is 1. The van der Waals surface area contributed by atoms with E-state index < -0.39 is 0 Å². The van der Waals surface area contributed by atoms with E-state index in [1.165, 1.54) is 15.5 Å². The van der Waals surface area contributed by atoms with Crippen LogP contribution < -0.4 is 15.9 Å². The van der Waals surface area contributed by atoms with Crippen molar-refractivity contribution in [1.82, 2.24) is 19.2 Å². The highest BCUT2D eigenvalue weighted by Gasteiger charge is 2.25. The van der Waals surface area contributed by atoms with Crippen molar-refractivity contribution in [3.8, 4) is 0 Å². The molecular weight excluding hydrogens is 368 g/mol. The van der Waals surface area contributed by atoms with Gasteiger partial charge < -0.3 is 10.2 Å². The fourth-order valence-corrected chi connectivity index (χ4v) is 4.07. The topological polar surface area (TPSA) is 84.5 Å². The Bertz CT molecular complexity index is 1070. The Kier molecular flexibility index (Phi) is 5.08. The minimum atomic E-state index is -0.346. The van der Waals surface area contributed by atoms with Gasteiger partial charge in [0.1, 0.15) is 6.54 Å². The predicted octanol–water partition coefficient (Wildman–Crippen LogP) is 2.32. The number of amides is 1. The summed E-state index contributed by atoms with van der Waals surface area (Å²) in [4.78, 5) is 31.9. The molecule has 1 aromatic carbocycles. The van der Waals surface area contributed by atoms with E-state index >= 15 is 0 Å². The maximum absolute atomic E-state index is 12.8. The van der Waals surface area contributed by atoms with Gasteiger partial charge in [0, 0.05) is 31.2 Å². The summed E-state index contributed by atoms with van der Waals surface area (Å²) in [5.41, 5.74) is 1.94. The van der Waals surface area contributed by atoms with Crippen LogP contribution in [-0.2, 0) is 11.3 Å². The maximum atomic E-state index is 12.8. The molecule has 2 atom stereocenters. The molecule has 1 aliphatic heterocycles. The summed E-state index contributed by atoms with van der Waals surface area (Å²) in [6.45, 7) is 8.04. The SMILES string of the molecule is Cc1ccc(NC(=O)Cn2nc3c(N4CC(C)CC(C)C4)nccn3c2=O)cc1. The summed E-state index contributed by atoms with van der Waals surface area (Å²) >= 11 is 0. The first-order valence-corrected chi connectivity index (χ1v) is 9.96. The van der Waals surface area contributed by atoms with Crippen LogP contribution in [0.2, 0.25) is 0 Å². The van der Waals surface area contributed by atoms with E-state index in [-0.39, 0.29) is 18.1 Å². The highest BCUT2D eigenvalue weighted by Crippen LogP contribution is 2.26. The van der Waals surface area contributed by atoms with E-state index in [0.717, 1.165) is 18.7 Å². The van der Waals surface area contributed by atoms with Gasteiger partial charge in [-0.25, -0.2) is 18.9 Å². The molecular formula is C21H26N6O2. The molecule has 4 rings (SSSR count). The summed E-state index contributed by atoms with van der Waals surface area (Å²) in [7, 11) is 0. The van der Waals surface area contributed by atoms with Gasteiger partial charge in [0.25, 0.3) is 0 Å². The third kappa shape index (κ3) is 4.01. The molecule has 1 aliphatic rings. The van der Waals surface area contributed by atoms with Crippen LogP contribution in [0.1, 0.15) is 25.8 Å². The zero-order valence-corrected chi connectivity index (χ0v) is 17.0. The van der Waals surface area contributed by atoms with Crippen molar-refractivity contribution >= 4 is 23.1 Å². The van der Waals surface area contributed by atoms with Crippen LogP contribution in [0.15, 0.2) is 41.5 Å². The number of benzene rings is 1. The summed E-state index contributed by atoms with van der Waals surface area (Å²) in [5, 5.41) is 7.24. The quantitative estimate of drug-likeness (QED) is 0.734. The molecule has 1 amide bonds. The van der Waals surface area contributed by atoms with Crippen LogP contribution in [0.3, 0.4) is 0 Å². The highest BCUT2D eigenvalue weighted by atomic mass is 16.2. The number of hydrogen-bond donors (Lipinski definition) is 1. The minimum Gasteiger partial charge on any atom is -0.353 e. The molecule has 1 N–H and O–H groups in total. The molecule has 1 saturated heterocycles. The molecule has 29 heavy (non-hydrogen) atoms. The highest BCUT2D eigenvalue weighted by molar-refractivity contribution is 5.90. The number of nitrogens with one attached hydrogen (secondary N) is 1. The number of anilines is 2. The summed E-state index contributed by atoms with van der Waals surface area (Å²) in [5.74, 6) is 1.50. The molecule has 152 valence electrons. The van der Waals surface area contributed by atoms with E-state index in [0.29, 0.717) is 29.0 Å². The average molecular weight is 394 g/mol. The normalized spacial score (nSPS) is 19.5. The second kappa shape index (κ2) is 7.69. The van der Waals surface area contributed by atoms with Crippen LogP contribution >= 0.6 is 0 Å². The lowest BCUT2D eigenvalue weighted by atomic mass is 9.92. The Morgan fingerprint density at radius 3 is 2.55 bits per heavy atom. The molecule has 2 unspecified atom stereocenters. The molecule has 1 fully saturated rings. The van der Waals surface area contributed by atoms with Crippen LogP contribution in [0.4, 0.5) is 11.5 Å². The lowest BCUT2D eigenvalue weighted by molar-refractivity contribution is -0.117. The Morgan fingerprint density at radius 2 is 1.86 bits per heavy atom. The third-order valence-electron chi connectivity index (χ3n) is 5.28. The van der Waals surface area contributed by atoms with Crippen LogP contribution in [0.5, 0.6) is 0 Å². The fraction of sp³-hybridized carbons (Fsp3) is 0.429. The number of fused-ring (bicyclic) bond motifs is 1. The first kappa shape index (κ1) is 19.2. The number of nitrogens with zero attached hydrogens (tertiary/aromatic N) is 5. The molecule has 0 saturated carbocycles. The van der Waals surface area contributed by atoms with Crippen molar-refractivity contribution in [3.05, 3.63) is 52.7 Å². The molecule has 0 radical (unpaired) electrons. The number of aryl methyl sites for hydroxylation is 1. The fourth-order valence-electron chi connectivity index (χ4n) is 4.07. The van der Waals surface area contributed by atoms with Gasteiger partial charge in [-0.1, -0.05) is 31.5 Å². The predicted molar refractivity (Wildman–Crippen MR) is 112 cm³/mol. The Hall–Kier alpha value is -3.16. The summed E-state index contributed by atoms with van der Waals surface area (Å²) in [6.07, 6.45) is 4.39. The number of hydrogen-bond acceptors (Lipinski definition) is 5. The molecule has 2 aromatic heterocycles. The van der Waals surface area contributed by atoms with Crippen molar-refractivity contribution in [3.63, 3.8) is 0 Å². The van der Waals surface area contributed by atoms with E-state index in [2.05, 4.69) is 34.1 Å². The number of aromatic nitrogens is 4. The standard InChI is InChI=1S/C21H26N6O2/c1-14-4-6-17(7-5-14)23-18(28)13-27-21(29)26-9-8-22-19(20(26)24-27)25-11-15(2)10-16(3)12-25/h4-9,15-16H,10-13H2,1-3H3,(H,23,28). The van der Waals surface area contributed by atoms with E-state index in [4.69, 9.17) is 0 Å². The first-order valence-electron chi connectivity index (χ1n) is 9.96. The van der Waals surface area contributed by atoms with Gasteiger partial charge in [-0.3, -0.25) is 4.79 Å². The van der Waals surface area contributed by atoms with Gasteiger partial charge in [0.2, 0.25) is 11.6 Å². The summed E-state index contributed by atoms with van der Waals surface area (Å²) in [6, 6.07) is 7.51. The van der Waals surface area contributed by atoms with Crippen LogP contribution in [-0.4, -0.2) is 38.2 Å². The Morgan fingerprint density at radius 1 is 1.17 bits per heavy atom. The Labute approximate surface area is 169 Å². The number of rotatable bonds is 4. The number of piperidine rings is 1. The molecule has 8 heteroatoms. The van der Waals surface area contributed by atoms with Gasteiger partial charge >= 0.3 is 5.69 Å². The van der Waals surface area contributed by atoms with Crippen molar-refractivity contribution in [1.29, 1.82) is 0 Å². The molecule has 3 heterocycles. The van der Waals surface area contributed by atoms with Crippen LogP contribution in [0.25, 0.3) is 5.65 Å². The van der Waals surface area contributed by atoms with Gasteiger partial charge in [0.15, 0.2) is 5.82 Å². The molecule has 8 nitrogen and oxygen atoms in total. The van der Waals surface area contributed by atoms with Gasteiger partial charge in [-0.2, -0.15) is 0 Å². The first-order chi connectivity index (χ1) is 13.9. The van der Waals surface area contributed by atoms with Crippen molar-refractivity contribution in [2.75, 3.05) is 23.3 Å². The molecule has 0 spiro atoms. The second-order valence-corrected chi connectivity index (χ2v) is 8.15. The van der Waals surface area contributed by atoms with E-state index in [1.807, 2.05) is 31.2 Å².